The predicted molar refractivity (Wildman–Crippen MR) is 81.7 cm³/mol. The van der Waals surface area contributed by atoms with Gasteiger partial charge >= 0.3 is 12.0 Å². The number of carbonyl (C=O) groups is 2. The standard InChI is InChI=1S/C13H17ClN2O3S/c1-8(2)20-12-9(14)4-3-5-10(12)16-13(19)15-7-6-11(17)18/h3-5,8H,6-7H2,1-2H3,(H,17,18)(H2,15,16,19). The number of amides is 2. The second-order valence-corrected chi connectivity index (χ2v) is 6.30. The van der Waals surface area contributed by atoms with E-state index in [0.29, 0.717) is 16.0 Å². The van der Waals surface area contributed by atoms with Gasteiger partial charge in [-0.2, -0.15) is 0 Å². The molecule has 1 aromatic carbocycles. The van der Waals surface area contributed by atoms with Crippen molar-refractivity contribution >= 4 is 41.1 Å². The first-order chi connectivity index (χ1) is 9.40. The molecule has 1 aromatic rings. The fraction of sp³-hybridized carbons (Fsp3) is 0.385. The molecule has 0 aliphatic carbocycles. The Balaban J connectivity index is 2.69. The summed E-state index contributed by atoms with van der Waals surface area (Å²) in [6.07, 6.45) is -0.115. The summed E-state index contributed by atoms with van der Waals surface area (Å²) in [5.41, 5.74) is 0.615. The van der Waals surface area contributed by atoms with Gasteiger partial charge in [-0.15, -0.1) is 11.8 Å². The molecule has 0 heterocycles. The van der Waals surface area contributed by atoms with Gasteiger partial charge in [-0.25, -0.2) is 4.79 Å². The van der Waals surface area contributed by atoms with Crippen LogP contribution in [-0.4, -0.2) is 28.9 Å². The van der Waals surface area contributed by atoms with Crippen LogP contribution in [0.1, 0.15) is 20.3 Å². The molecule has 7 heteroatoms. The molecule has 0 radical (unpaired) electrons. The van der Waals surface area contributed by atoms with E-state index in [1.54, 1.807) is 30.0 Å². The molecule has 0 spiro atoms. The van der Waals surface area contributed by atoms with Gasteiger partial charge in [-0.05, 0) is 12.1 Å². The second-order valence-electron chi connectivity index (χ2n) is 4.31. The van der Waals surface area contributed by atoms with E-state index < -0.39 is 12.0 Å². The molecule has 110 valence electrons. The van der Waals surface area contributed by atoms with Gasteiger partial charge in [0.05, 0.1) is 17.1 Å². The van der Waals surface area contributed by atoms with Gasteiger partial charge in [-0.3, -0.25) is 4.79 Å². The highest BCUT2D eigenvalue weighted by Crippen LogP contribution is 2.36. The molecule has 0 aromatic heterocycles. The van der Waals surface area contributed by atoms with Crippen molar-refractivity contribution in [3.8, 4) is 0 Å². The van der Waals surface area contributed by atoms with Gasteiger partial charge < -0.3 is 15.7 Å². The van der Waals surface area contributed by atoms with Crippen LogP contribution in [0.5, 0.6) is 0 Å². The minimum Gasteiger partial charge on any atom is -0.481 e. The van der Waals surface area contributed by atoms with E-state index in [-0.39, 0.29) is 13.0 Å². The maximum absolute atomic E-state index is 11.7. The molecule has 0 bridgehead atoms. The Hall–Kier alpha value is -1.40. The molecule has 3 N–H and O–H groups in total. The fourth-order valence-electron chi connectivity index (χ4n) is 1.41. The van der Waals surface area contributed by atoms with Crippen LogP contribution in [0.4, 0.5) is 10.5 Å². The number of rotatable bonds is 6. The SMILES string of the molecule is CC(C)Sc1c(Cl)cccc1NC(=O)NCCC(=O)O. The summed E-state index contributed by atoms with van der Waals surface area (Å²) in [5.74, 6) is -0.955. The number of carbonyl (C=O) groups excluding carboxylic acids is 1. The first-order valence-electron chi connectivity index (χ1n) is 6.12. The van der Waals surface area contributed by atoms with Crippen molar-refractivity contribution in [2.75, 3.05) is 11.9 Å². The molecule has 0 aliphatic heterocycles. The molecule has 0 fully saturated rings. The summed E-state index contributed by atoms with van der Waals surface area (Å²) in [6.45, 7) is 4.14. The lowest BCUT2D eigenvalue weighted by Crippen LogP contribution is -2.30. The van der Waals surface area contributed by atoms with E-state index in [0.717, 1.165) is 4.90 Å². The Morgan fingerprint density at radius 2 is 2.10 bits per heavy atom. The first kappa shape index (κ1) is 16.7. The summed E-state index contributed by atoms with van der Waals surface area (Å²) >= 11 is 7.69. The zero-order valence-corrected chi connectivity index (χ0v) is 12.8. The van der Waals surface area contributed by atoms with Crippen molar-refractivity contribution in [1.82, 2.24) is 5.32 Å². The molecule has 0 aliphatic rings. The first-order valence-corrected chi connectivity index (χ1v) is 7.37. The third kappa shape index (κ3) is 5.71. The minimum atomic E-state index is -0.955. The van der Waals surface area contributed by atoms with Crippen molar-refractivity contribution in [2.24, 2.45) is 0 Å². The topological polar surface area (TPSA) is 78.4 Å². The van der Waals surface area contributed by atoms with Gasteiger partial charge in [0.2, 0.25) is 0 Å². The van der Waals surface area contributed by atoms with E-state index in [1.807, 2.05) is 13.8 Å². The van der Waals surface area contributed by atoms with E-state index in [4.69, 9.17) is 16.7 Å². The Kier molecular flexibility index (Phi) is 6.67. The highest BCUT2D eigenvalue weighted by molar-refractivity contribution is 8.00. The van der Waals surface area contributed by atoms with Gasteiger partial charge in [0.1, 0.15) is 0 Å². The van der Waals surface area contributed by atoms with Crippen LogP contribution >= 0.6 is 23.4 Å². The molecule has 0 saturated heterocycles. The maximum atomic E-state index is 11.7. The number of halogens is 1. The van der Waals surface area contributed by atoms with E-state index in [1.165, 1.54) is 0 Å². The van der Waals surface area contributed by atoms with E-state index >= 15 is 0 Å². The van der Waals surface area contributed by atoms with Crippen molar-refractivity contribution < 1.29 is 14.7 Å². The highest BCUT2D eigenvalue weighted by Gasteiger charge is 2.12. The molecule has 0 unspecified atom stereocenters. The average Bonchev–Trinajstić information content (AvgIpc) is 2.32. The van der Waals surface area contributed by atoms with Crippen LogP contribution < -0.4 is 10.6 Å². The number of anilines is 1. The minimum absolute atomic E-state index is 0.0778. The highest BCUT2D eigenvalue weighted by atomic mass is 35.5. The lowest BCUT2D eigenvalue weighted by Gasteiger charge is -2.14. The zero-order chi connectivity index (χ0) is 15.1. The van der Waals surface area contributed by atoms with Crippen LogP contribution in [-0.2, 0) is 4.79 Å². The number of aliphatic carboxylic acids is 1. The summed E-state index contributed by atoms with van der Waals surface area (Å²) in [7, 11) is 0. The van der Waals surface area contributed by atoms with Crippen LogP contribution in [0, 0.1) is 0 Å². The second kappa shape index (κ2) is 8.01. The maximum Gasteiger partial charge on any atom is 0.319 e. The Labute approximate surface area is 127 Å². The smallest absolute Gasteiger partial charge is 0.319 e. The largest absolute Gasteiger partial charge is 0.481 e. The average molecular weight is 317 g/mol. The Bertz CT molecular complexity index is 495. The van der Waals surface area contributed by atoms with E-state index in [2.05, 4.69) is 10.6 Å². The molecule has 1 rings (SSSR count). The van der Waals surface area contributed by atoms with Crippen molar-refractivity contribution in [1.29, 1.82) is 0 Å². The monoisotopic (exact) mass is 316 g/mol. The molecule has 20 heavy (non-hydrogen) atoms. The van der Waals surface area contributed by atoms with Crippen LogP contribution in [0.15, 0.2) is 23.1 Å². The summed E-state index contributed by atoms with van der Waals surface area (Å²) in [4.78, 5) is 22.8. The van der Waals surface area contributed by atoms with Crippen molar-refractivity contribution in [2.45, 2.75) is 30.4 Å². The number of urea groups is 1. The number of nitrogens with one attached hydrogen (secondary N) is 2. The lowest BCUT2D eigenvalue weighted by atomic mass is 10.3. The number of hydrogen-bond donors (Lipinski definition) is 3. The number of carboxylic acids is 1. The van der Waals surface area contributed by atoms with Crippen LogP contribution in [0.25, 0.3) is 0 Å². The van der Waals surface area contributed by atoms with Crippen molar-refractivity contribution in [3.05, 3.63) is 23.2 Å². The van der Waals surface area contributed by atoms with Gasteiger partial charge in [0.25, 0.3) is 0 Å². The molecular formula is C13H17ClN2O3S. The van der Waals surface area contributed by atoms with Crippen molar-refractivity contribution in [3.63, 3.8) is 0 Å². The zero-order valence-electron chi connectivity index (χ0n) is 11.3. The number of thioether (sulfide) groups is 1. The summed E-state index contributed by atoms with van der Waals surface area (Å²) < 4.78 is 0. The quantitative estimate of drug-likeness (QED) is 0.702. The van der Waals surface area contributed by atoms with Gasteiger partial charge in [0, 0.05) is 16.7 Å². The Morgan fingerprint density at radius 3 is 2.70 bits per heavy atom. The Morgan fingerprint density at radius 1 is 1.40 bits per heavy atom. The molecule has 0 saturated carbocycles. The third-order valence-corrected chi connectivity index (χ3v) is 3.77. The summed E-state index contributed by atoms with van der Waals surface area (Å²) in [6, 6.07) is 4.83. The fourth-order valence-corrected chi connectivity index (χ4v) is 2.62. The predicted octanol–water partition coefficient (Wildman–Crippen LogP) is 3.44. The van der Waals surface area contributed by atoms with Gasteiger partial charge in [-0.1, -0.05) is 31.5 Å². The number of carboxylic acid groups (broad SMARTS) is 1. The van der Waals surface area contributed by atoms with Gasteiger partial charge in [0.15, 0.2) is 0 Å². The number of benzene rings is 1. The molecule has 5 nitrogen and oxygen atoms in total. The normalized spacial score (nSPS) is 10.4. The number of hydrogen-bond acceptors (Lipinski definition) is 3. The lowest BCUT2D eigenvalue weighted by molar-refractivity contribution is -0.136. The van der Waals surface area contributed by atoms with Crippen LogP contribution in [0.3, 0.4) is 0 Å². The van der Waals surface area contributed by atoms with Crippen LogP contribution in [0.2, 0.25) is 5.02 Å². The molecule has 0 atom stereocenters. The third-order valence-electron chi connectivity index (χ3n) is 2.19. The van der Waals surface area contributed by atoms with E-state index in [9.17, 15) is 9.59 Å². The summed E-state index contributed by atoms with van der Waals surface area (Å²) in [5, 5.41) is 14.6. The molecule has 2 amide bonds. The molecular weight excluding hydrogens is 300 g/mol.